The van der Waals surface area contributed by atoms with Crippen molar-refractivity contribution in [2.24, 2.45) is 0 Å². The van der Waals surface area contributed by atoms with Gasteiger partial charge in [-0.15, -0.1) is 0 Å². The van der Waals surface area contributed by atoms with Crippen LogP contribution in [-0.4, -0.2) is 16.4 Å². The van der Waals surface area contributed by atoms with Gasteiger partial charge in [-0.2, -0.15) is 0 Å². The molecule has 0 saturated heterocycles. The highest BCUT2D eigenvalue weighted by atomic mass is 28.2. The summed E-state index contributed by atoms with van der Waals surface area (Å²) in [7, 11) is -0.112. The highest BCUT2D eigenvalue weighted by molar-refractivity contribution is 6.29. The highest BCUT2D eigenvalue weighted by Crippen LogP contribution is 2.28. The lowest BCUT2D eigenvalue weighted by Crippen LogP contribution is -2.03. The van der Waals surface area contributed by atoms with Gasteiger partial charge in [0.15, 0.2) is 9.76 Å². The Bertz CT molecular complexity index is 69.3. The van der Waals surface area contributed by atoms with Gasteiger partial charge in [-0.3, -0.25) is 0 Å². The summed E-state index contributed by atoms with van der Waals surface area (Å²) in [5.74, 6) is 0. The van der Waals surface area contributed by atoms with Gasteiger partial charge >= 0.3 is 0 Å². The van der Waals surface area contributed by atoms with Crippen molar-refractivity contribution in [3.8, 4) is 0 Å². The van der Waals surface area contributed by atoms with E-state index in [1.165, 1.54) is 25.7 Å². The summed E-state index contributed by atoms with van der Waals surface area (Å²) in [6.45, 7) is 3.05. The highest BCUT2D eigenvalue weighted by Gasteiger charge is 2.14. The van der Waals surface area contributed by atoms with Crippen LogP contribution in [0.25, 0.3) is 0 Å². The topological polar surface area (TPSA) is 9.23 Å². The molecule has 1 fully saturated rings. The van der Waals surface area contributed by atoms with Crippen LogP contribution in [0.15, 0.2) is 0 Å². The molecule has 0 amide bonds. The standard InChI is InChI=1S/C7H16OSi/c1-2-8-9-7-5-3-4-6-7/h7H,2-6,9H2,1H3. The number of hydrogen-bond donors (Lipinski definition) is 0. The van der Waals surface area contributed by atoms with Crippen LogP contribution in [0, 0.1) is 0 Å². The maximum atomic E-state index is 5.46. The van der Waals surface area contributed by atoms with Gasteiger partial charge in [0, 0.05) is 6.61 Å². The lowest BCUT2D eigenvalue weighted by Gasteiger charge is -2.05. The molecular formula is C7H16OSi. The van der Waals surface area contributed by atoms with Crippen LogP contribution in [0.2, 0.25) is 5.54 Å². The summed E-state index contributed by atoms with van der Waals surface area (Å²) in [6.07, 6.45) is 5.86. The quantitative estimate of drug-likeness (QED) is 0.545. The predicted octanol–water partition coefficient (Wildman–Crippen LogP) is 1.47. The third-order valence-corrected chi connectivity index (χ3v) is 3.96. The molecule has 0 N–H and O–H groups in total. The van der Waals surface area contributed by atoms with Crippen molar-refractivity contribution in [1.82, 2.24) is 0 Å². The molecule has 0 spiro atoms. The molecule has 1 aliphatic carbocycles. The fourth-order valence-corrected chi connectivity index (χ4v) is 2.94. The summed E-state index contributed by atoms with van der Waals surface area (Å²) in [6, 6.07) is 0. The zero-order valence-electron chi connectivity index (χ0n) is 6.23. The van der Waals surface area contributed by atoms with Crippen molar-refractivity contribution in [2.75, 3.05) is 6.61 Å². The Kier molecular flexibility index (Phi) is 3.29. The maximum absolute atomic E-state index is 5.46. The molecule has 0 bridgehead atoms. The molecule has 1 rings (SSSR count). The van der Waals surface area contributed by atoms with E-state index in [9.17, 15) is 0 Å². The molecule has 0 aromatic heterocycles. The molecule has 0 heterocycles. The van der Waals surface area contributed by atoms with E-state index < -0.39 is 0 Å². The van der Waals surface area contributed by atoms with Gasteiger partial charge in [-0.25, -0.2) is 0 Å². The molecule has 0 aliphatic heterocycles. The van der Waals surface area contributed by atoms with Crippen LogP contribution in [-0.2, 0) is 4.43 Å². The zero-order valence-corrected chi connectivity index (χ0v) is 7.64. The molecule has 0 aromatic carbocycles. The van der Waals surface area contributed by atoms with Crippen LogP contribution in [0.5, 0.6) is 0 Å². The summed E-state index contributed by atoms with van der Waals surface area (Å²) >= 11 is 0. The first kappa shape index (κ1) is 7.29. The second kappa shape index (κ2) is 4.07. The summed E-state index contributed by atoms with van der Waals surface area (Å²) < 4.78 is 5.46. The van der Waals surface area contributed by atoms with Crippen LogP contribution < -0.4 is 0 Å². The van der Waals surface area contributed by atoms with Gasteiger partial charge in [-0.1, -0.05) is 25.7 Å². The van der Waals surface area contributed by atoms with Crippen molar-refractivity contribution in [2.45, 2.75) is 38.1 Å². The van der Waals surface area contributed by atoms with E-state index >= 15 is 0 Å². The van der Waals surface area contributed by atoms with Crippen molar-refractivity contribution in [1.29, 1.82) is 0 Å². The Morgan fingerprint density at radius 1 is 1.44 bits per heavy atom. The largest absolute Gasteiger partial charge is 0.424 e. The van der Waals surface area contributed by atoms with E-state index in [1.54, 1.807) is 0 Å². The minimum Gasteiger partial charge on any atom is -0.424 e. The molecule has 2 heteroatoms. The molecule has 1 aliphatic rings. The molecule has 1 saturated carbocycles. The average molecular weight is 144 g/mol. The van der Waals surface area contributed by atoms with E-state index in [1.807, 2.05) is 0 Å². The van der Waals surface area contributed by atoms with Gasteiger partial charge in [-0.05, 0) is 12.5 Å². The Morgan fingerprint density at radius 3 is 2.67 bits per heavy atom. The number of hydrogen-bond acceptors (Lipinski definition) is 1. The third kappa shape index (κ3) is 2.50. The minimum atomic E-state index is -0.112. The SMILES string of the molecule is CCO[SiH2]C1CCCC1. The van der Waals surface area contributed by atoms with Gasteiger partial charge in [0.25, 0.3) is 0 Å². The van der Waals surface area contributed by atoms with Gasteiger partial charge in [0.2, 0.25) is 0 Å². The van der Waals surface area contributed by atoms with E-state index in [-0.39, 0.29) is 9.76 Å². The smallest absolute Gasteiger partial charge is 0.164 e. The number of rotatable bonds is 3. The normalized spacial score (nSPS) is 22.3. The molecule has 54 valence electrons. The van der Waals surface area contributed by atoms with Crippen LogP contribution in [0.4, 0.5) is 0 Å². The molecular weight excluding hydrogens is 128 g/mol. The summed E-state index contributed by atoms with van der Waals surface area (Å²) in [5.41, 5.74) is 1.03. The lowest BCUT2D eigenvalue weighted by atomic mass is 10.4. The monoisotopic (exact) mass is 144 g/mol. The third-order valence-electron chi connectivity index (χ3n) is 2.03. The Labute approximate surface area is 59.7 Å². The predicted molar refractivity (Wildman–Crippen MR) is 42.4 cm³/mol. The van der Waals surface area contributed by atoms with Crippen LogP contribution >= 0.6 is 0 Å². The lowest BCUT2D eigenvalue weighted by molar-refractivity contribution is 0.352. The summed E-state index contributed by atoms with van der Waals surface area (Å²) in [5, 5.41) is 0. The van der Waals surface area contributed by atoms with Gasteiger partial charge in [0.1, 0.15) is 0 Å². The van der Waals surface area contributed by atoms with Crippen molar-refractivity contribution >= 4 is 9.76 Å². The van der Waals surface area contributed by atoms with E-state index in [2.05, 4.69) is 6.92 Å². The first-order valence-corrected chi connectivity index (χ1v) is 5.40. The van der Waals surface area contributed by atoms with E-state index in [0.717, 1.165) is 12.1 Å². The average Bonchev–Trinajstić information content (AvgIpc) is 2.34. The molecule has 1 nitrogen and oxygen atoms in total. The second-order valence-electron chi connectivity index (χ2n) is 2.81. The molecule has 0 atom stereocenters. The van der Waals surface area contributed by atoms with E-state index in [4.69, 9.17) is 4.43 Å². The first-order valence-electron chi connectivity index (χ1n) is 4.01. The first-order chi connectivity index (χ1) is 4.43. The van der Waals surface area contributed by atoms with Gasteiger partial charge < -0.3 is 4.43 Å². The molecule has 9 heavy (non-hydrogen) atoms. The maximum Gasteiger partial charge on any atom is 0.164 e. The van der Waals surface area contributed by atoms with Crippen molar-refractivity contribution in [3.05, 3.63) is 0 Å². The fraction of sp³-hybridized carbons (Fsp3) is 1.00. The Morgan fingerprint density at radius 2 is 2.11 bits per heavy atom. The minimum absolute atomic E-state index is 0.112. The zero-order chi connectivity index (χ0) is 6.53. The molecule has 0 aromatic rings. The second-order valence-corrected chi connectivity index (χ2v) is 4.71. The molecule has 0 radical (unpaired) electrons. The van der Waals surface area contributed by atoms with E-state index in [0.29, 0.717) is 0 Å². The van der Waals surface area contributed by atoms with Crippen LogP contribution in [0.1, 0.15) is 32.6 Å². The Hall–Kier alpha value is 0.177. The van der Waals surface area contributed by atoms with Crippen LogP contribution in [0.3, 0.4) is 0 Å². The molecule has 0 unspecified atom stereocenters. The fourth-order valence-electron chi connectivity index (χ4n) is 1.46. The summed E-state index contributed by atoms with van der Waals surface area (Å²) in [4.78, 5) is 0. The van der Waals surface area contributed by atoms with Crippen molar-refractivity contribution in [3.63, 3.8) is 0 Å². The Balaban J connectivity index is 1.98. The van der Waals surface area contributed by atoms with Gasteiger partial charge in [0.05, 0.1) is 0 Å². The van der Waals surface area contributed by atoms with Crippen molar-refractivity contribution < 1.29 is 4.43 Å².